The summed E-state index contributed by atoms with van der Waals surface area (Å²) in [5, 5.41) is 12.9. The van der Waals surface area contributed by atoms with Gasteiger partial charge in [-0.1, -0.05) is 42.5 Å². The fourth-order valence-corrected chi connectivity index (χ4v) is 5.77. The molecular weight excluding hydrogens is 670 g/mol. The van der Waals surface area contributed by atoms with E-state index in [4.69, 9.17) is 18.9 Å². The summed E-state index contributed by atoms with van der Waals surface area (Å²) in [4.78, 5) is 68.1. The maximum absolute atomic E-state index is 14.1. The van der Waals surface area contributed by atoms with Crippen molar-refractivity contribution in [2.75, 3.05) is 34.5 Å². The number of benzene rings is 2. The van der Waals surface area contributed by atoms with E-state index in [9.17, 15) is 29.1 Å². The van der Waals surface area contributed by atoms with Gasteiger partial charge in [-0.25, -0.2) is 4.79 Å². The van der Waals surface area contributed by atoms with Crippen LogP contribution in [0.4, 0.5) is 0 Å². The van der Waals surface area contributed by atoms with Crippen molar-refractivity contribution in [3.63, 3.8) is 0 Å². The third-order valence-corrected chi connectivity index (χ3v) is 8.58. The molecule has 0 saturated carbocycles. The number of ether oxygens (including phenoxy) is 4. The van der Waals surface area contributed by atoms with Crippen molar-refractivity contribution in [2.45, 2.75) is 82.5 Å². The number of carbonyl (C=O) groups excluding carboxylic acids is 5. The SMILES string of the molecule is CN(C)C(=O)C=Cc1ccc(C(=O)O[C@@H]2CC(C(=O)N(C)[C@H](Cc3ccccc3)C(=O)N[C@H](CO)CCC(=O)OC(C)(C)C)=C[C@H]3OCO[C@H]32)cc1. The maximum Gasteiger partial charge on any atom is 0.338 e. The number of amides is 3. The molecule has 13 nitrogen and oxygen atoms in total. The van der Waals surface area contributed by atoms with Crippen LogP contribution < -0.4 is 5.32 Å². The van der Waals surface area contributed by atoms with Crippen molar-refractivity contribution in [1.82, 2.24) is 15.1 Å². The highest BCUT2D eigenvalue weighted by Gasteiger charge is 2.44. The van der Waals surface area contributed by atoms with Gasteiger partial charge in [-0.15, -0.1) is 0 Å². The lowest BCUT2D eigenvalue weighted by atomic mass is 9.90. The summed E-state index contributed by atoms with van der Waals surface area (Å²) < 4.78 is 22.7. The number of hydrogen-bond acceptors (Lipinski definition) is 10. The van der Waals surface area contributed by atoms with Crippen LogP contribution in [0.1, 0.15) is 61.5 Å². The number of rotatable bonds is 14. The lowest BCUT2D eigenvalue weighted by Gasteiger charge is -2.34. The molecule has 2 aromatic rings. The standard InChI is InChI=1S/C39H49N3O10/c1-39(2,3)52-34(45)19-17-29(23-43)40-36(46)30(20-26-10-8-7-9-11-26)42(6)37(47)28-21-31-35(50-24-49-31)32(22-28)51-38(48)27-15-12-25(13-16-27)14-18-33(44)41(4)5/h7-16,18,21,29-32,35,43H,17,19-20,22-24H2,1-6H3,(H,40,46)/t29-,30+,31+,32+,35+/m0/s1. The van der Waals surface area contributed by atoms with Crippen molar-refractivity contribution >= 4 is 35.7 Å². The number of esters is 2. The molecule has 4 rings (SSSR count). The third kappa shape index (κ3) is 11.3. The Morgan fingerprint density at radius 3 is 2.33 bits per heavy atom. The van der Waals surface area contributed by atoms with Crippen LogP contribution in [-0.2, 0) is 44.5 Å². The fraction of sp³-hybridized carbons (Fsp3) is 0.462. The summed E-state index contributed by atoms with van der Waals surface area (Å²) in [6, 6.07) is 14.0. The van der Waals surface area contributed by atoms with Crippen LogP contribution in [-0.4, -0.2) is 115 Å². The first-order chi connectivity index (χ1) is 24.6. The molecule has 1 aliphatic carbocycles. The minimum Gasteiger partial charge on any atom is -0.460 e. The van der Waals surface area contributed by atoms with E-state index in [2.05, 4.69) is 5.32 Å². The van der Waals surface area contributed by atoms with Crippen LogP contribution in [0.5, 0.6) is 0 Å². The molecule has 280 valence electrons. The van der Waals surface area contributed by atoms with Gasteiger partial charge >= 0.3 is 11.9 Å². The molecule has 5 atom stereocenters. The highest BCUT2D eigenvalue weighted by atomic mass is 16.7. The van der Waals surface area contributed by atoms with E-state index in [0.717, 1.165) is 11.1 Å². The van der Waals surface area contributed by atoms with Gasteiger partial charge in [0.25, 0.3) is 0 Å². The van der Waals surface area contributed by atoms with Crippen LogP contribution >= 0.6 is 0 Å². The van der Waals surface area contributed by atoms with Gasteiger partial charge in [0.1, 0.15) is 36.7 Å². The fourth-order valence-electron chi connectivity index (χ4n) is 5.77. The molecule has 13 heteroatoms. The topological polar surface area (TPSA) is 161 Å². The molecule has 1 fully saturated rings. The monoisotopic (exact) mass is 719 g/mol. The third-order valence-electron chi connectivity index (χ3n) is 8.58. The number of carbonyl (C=O) groups is 5. The first-order valence-corrected chi connectivity index (χ1v) is 17.2. The Hall–Kier alpha value is -4.85. The van der Waals surface area contributed by atoms with Crippen LogP contribution in [0.3, 0.4) is 0 Å². The van der Waals surface area contributed by atoms with Crippen molar-refractivity contribution in [1.29, 1.82) is 0 Å². The average Bonchev–Trinajstić information content (AvgIpc) is 3.59. The Balaban J connectivity index is 1.48. The van der Waals surface area contributed by atoms with E-state index in [-0.39, 0.29) is 49.5 Å². The van der Waals surface area contributed by atoms with E-state index in [1.807, 2.05) is 30.3 Å². The van der Waals surface area contributed by atoms with E-state index in [1.165, 1.54) is 22.9 Å². The predicted octanol–water partition coefficient (Wildman–Crippen LogP) is 3.05. The molecule has 2 aromatic carbocycles. The number of nitrogens with zero attached hydrogens (tertiary/aromatic N) is 2. The lowest BCUT2D eigenvalue weighted by molar-refractivity contribution is -0.155. The second-order valence-corrected chi connectivity index (χ2v) is 14.0. The first-order valence-electron chi connectivity index (χ1n) is 17.2. The Kier molecular flexibility index (Phi) is 13.9. The Bertz CT molecular complexity index is 1630. The van der Waals surface area contributed by atoms with Gasteiger partial charge in [0.05, 0.1) is 18.2 Å². The Morgan fingerprint density at radius 2 is 1.69 bits per heavy atom. The molecule has 2 N–H and O–H groups in total. The van der Waals surface area contributed by atoms with Crippen LogP contribution in [0, 0.1) is 0 Å². The summed E-state index contributed by atoms with van der Waals surface area (Å²) in [6.45, 7) is 4.81. The highest BCUT2D eigenvalue weighted by molar-refractivity contribution is 5.97. The molecule has 0 spiro atoms. The van der Waals surface area contributed by atoms with E-state index in [1.54, 1.807) is 71.3 Å². The van der Waals surface area contributed by atoms with Gasteiger partial charge in [0.2, 0.25) is 17.7 Å². The maximum atomic E-state index is 14.1. The van der Waals surface area contributed by atoms with Crippen LogP contribution in [0.2, 0.25) is 0 Å². The van der Waals surface area contributed by atoms with E-state index in [0.29, 0.717) is 0 Å². The van der Waals surface area contributed by atoms with Crippen LogP contribution in [0.15, 0.2) is 72.3 Å². The first kappa shape index (κ1) is 39.9. The van der Waals surface area contributed by atoms with Gasteiger partial charge in [-0.05, 0) is 62.6 Å². The quantitative estimate of drug-likeness (QED) is 0.219. The molecule has 2 aliphatic rings. The average molecular weight is 720 g/mol. The molecule has 0 aromatic heterocycles. The van der Waals surface area contributed by atoms with Crippen molar-refractivity contribution in [3.8, 4) is 0 Å². The minimum atomic E-state index is -0.994. The molecule has 0 bridgehead atoms. The molecule has 0 unspecified atom stereocenters. The normalized spacial score (nSPS) is 19.5. The molecule has 0 radical (unpaired) electrons. The largest absolute Gasteiger partial charge is 0.460 e. The lowest BCUT2D eigenvalue weighted by Crippen LogP contribution is -2.53. The van der Waals surface area contributed by atoms with Gasteiger partial charge in [-0.2, -0.15) is 0 Å². The van der Waals surface area contributed by atoms with Gasteiger partial charge in [-0.3, -0.25) is 19.2 Å². The minimum absolute atomic E-state index is 0.0156. The van der Waals surface area contributed by atoms with E-state index < -0.39 is 66.4 Å². The Morgan fingerprint density at radius 1 is 1.00 bits per heavy atom. The number of aliphatic hydroxyl groups excluding tert-OH is 1. The molecule has 3 amide bonds. The summed E-state index contributed by atoms with van der Waals surface area (Å²) in [7, 11) is 4.82. The van der Waals surface area contributed by atoms with Crippen molar-refractivity contribution in [3.05, 3.63) is 89.0 Å². The van der Waals surface area contributed by atoms with E-state index >= 15 is 0 Å². The smallest absolute Gasteiger partial charge is 0.338 e. The second-order valence-electron chi connectivity index (χ2n) is 14.0. The molecule has 1 aliphatic heterocycles. The van der Waals surface area contributed by atoms with Crippen LogP contribution in [0.25, 0.3) is 6.08 Å². The number of nitrogens with one attached hydrogen (secondary N) is 1. The highest BCUT2D eigenvalue weighted by Crippen LogP contribution is 2.32. The zero-order valence-corrected chi connectivity index (χ0v) is 30.6. The van der Waals surface area contributed by atoms with Gasteiger partial charge in [0.15, 0.2) is 0 Å². The number of hydrogen-bond donors (Lipinski definition) is 2. The summed E-state index contributed by atoms with van der Waals surface area (Å²) in [6.07, 6.45) is 2.88. The van der Waals surface area contributed by atoms with Crippen molar-refractivity contribution in [2.24, 2.45) is 0 Å². The number of likely N-dealkylation sites (N-methyl/N-ethyl adjacent to an activating group) is 2. The predicted molar refractivity (Wildman–Crippen MR) is 191 cm³/mol. The summed E-state index contributed by atoms with van der Waals surface area (Å²) in [5.74, 6) is -2.22. The molecule has 1 heterocycles. The molecular formula is C39H49N3O10. The summed E-state index contributed by atoms with van der Waals surface area (Å²) in [5.41, 5.74) is 1.42. The summed E-state index contributed by atoms with van der Waals surface area (Å²) >= 11 is 0. The molecule has 1 saturated heterocycles. The second kappa shape index (κ2) is 18.1. The Labute approximate surface area is 304 Å². The molecule has 52 heavy (non-hydrogen) atoms. The van der Waals surface area contributed by atoms with Gasteiger partial charge < -0.3 is 39.2 Å². The number of aliphatic hydroxyl groups is 1. The zero-order chi connectivity index (χ0) is 38.0. The van der Waals surface area contributed by atoms with Crippen molar-refractivity contribution < 1.29 is 48.0 Å². The number of fused-ring (bicyclic) bond motifs is 1. The zero-order valence-electron chi connectivity index (χ0n) is 30.6. The van der Waals surface area contributed by atoms with Gasteiger partial charge in [0, 0.05) is 52.1 Å².